The number of carbonyl (C=O) groups is 4. The molecular formula is C50H50O18S2. The zero-order valence-electron chi connectivity index (χ0n) is 39.1. The molecule has 0 radical (unpaired) electrons. The fourth-order valence-electron chi connectivity index (χ4n) is 10.7. The Balaban J connectivity index is 0.802. The average Bonchev–Trinajstić information content (AvgIpc) is 4.20. The minimum Gasteiger partial charge on any atom is -0.493 e. The molecule has 0 saturated carbocycles. The van der Waals surface area contributed by atoms with Crippen LogP contribution in [0.4, 0.5) is 0 Å². The molecular weight excluding hydrogens is 953 g/mol. The predicted octanol–water partition coefficient (Wildman–Crippen LogP) is 7.10. The smallest absolute Gasteiger partial charge is 0.310 e. The maximum absolute atomic E-state index is 13.7. The Morgan fingerprint density at radius 2 is 0.829 bits per heavy atom. The molecule has 4 aromatic rings. The van der Waals surface area contributed by atoms with Gasteiger partial charge in [-0.3, -0.25) is 19.2 Å². The van der Waals surface area contributed by atoms with E-state index in [4.69, 9.17) is 66.3 Å². The maximum atomic E-state index is 13.7. The van der Waals surface area contributed by atoms with Crippen molar-refractivity contribution in [1.29, 1.82) is 0 Å². The van der Waals surface area contributed by atoms with Crippen molar-refractivity contribution in [3.63, 3.8) is 0 Å². The van der Waals surface area contributed by atoms with Crippen LogP contribution in [0.5, 0.6) is 57.5 Å². The van der Waals surface area contributed by atoms with Crippen molar-refractivity contribution in [3.8, 4) is 57.5 Å². The Labute approximate surface area is 410 Å². The second-order valence-corrected chi connectivity index (χ2v) is 19.8. The van der Waals surface area contributed by atoms with Crippen molar-refractivity contribution in [2.24, 2.45) is 23.7 Å². The molecule has 4 heterocycles. The Kier molecular flexibility index (Phi) is 13.3. The highest BCUT2D eigenvalue weighted by Gasteiger charge is 2.56. The monoisotopic (exact) mass is 1000 g/mol. The lowest BCUT2D eigenvalue weighted by molar-refractivity contribution is -0.154. The van der Waals surface area contributed by atoms with E-state index in [0.717, 1.165) is 22.3 Å². The van der Waals surface area contributed by atoms with Crippen molar-refractivity contribution in [2.45, 2.75) is 36.9 Å². The summed E-state index contributed by atoms with van der Waals surface area (Å²) in [6, 6.07) is 14.5. The first kappa shape index (κ1) is 47.2. The third kappa shape index (κ3) is 8.31. The summed E-state index contributed by atoms with van der Waals surface area (Å²) in [6.07, 6.45) is -1.52. The largest absolute Gasteiger partial charge is 0.493 e. The van der Waals surface area contributed by atoms with Gasteiger partial charge in [-0.2, -0.15) is 0 Å². The van der Waals surface area contributed by atoms with Gasteiger partial charge in [-0.15, -0.1) is 0 Å². The Morgan fingerprint density at radius 3 is 1.16 bits per heavy atom. The Bertz CT molecular complexity index is 2490. The van der Waals surface area contributed by atoms with E-state index in [1.165, 1.54) is 64.2 Å². The summed E-state index contributed by atoms with van der Waals surface area (Å²) in [5.41, 5.74) is 4.23. The number of cyclic esters (lactones) is 2. The summed E-state index contributed by atoms with van der Waals surface area (Å²) >= 11 is 0. The zero-order valence-corrected chi connectivity index (χ0v) is 40.7. The fraction of sp³-hybridized carbons (Fsp3) is 0.440. The van der Waals surface area contributed by atoms with Crippen LogP contribution in [0.15, 0.2) is 48.5 Å². The maximum Gasteiger partial charge on any atom is 0.310 e. The normalized spacial score (nSPS) is 24.0. The van der Waals surface area contributed by atoms with Crippen LogP contribution < -0.4 is 47.4 Å². The highest BCUT2D eigenvalue weighted by Crippen LogP contribution is 2.59. The molecule has 0 aromatic heterocycles. The first-order chi connectivity index (χ1) is 34.1. The zero-order chi connectivity index (χ0) is 48.8. The molecule has 2 fully saturated rings. The van der Waals surface area contributed by atoms with E-state index in [1.54, 1.807) is 0 Å². The summed E-state index contributed by atoms with van der Waals surface area (Å²) in [7, 11) is 12.0. The molecule has 0 spiro atoms. The van der Waals surface area contributed by atoms with Crippen LogP contribution in [0.25, 0.3) is 0 Å². The van der Waals surface area contributed by atoms with Gasteiger partial charge in [-0.25, -0.2) is 0 Å². The average molecular weight is 1000 g/mol. The lowest BCUT2D eigenvalue weighted by Gasteiger charge is -2.38. The van der Waals surface area contributed by atoms with Gasteiger partial charge in [0.05, 0.1) is 80.6 Å². The van der Waals surface area contributed by atoms with E-state index in [2.05, 4.69) is 0 Å². The van der Waals surface area contributed by atoms with E-state index < -0.39 is 71.6 Å². The van der Waals surface area contributed by atoms with Crippen molar-refractivity contribution in [2.75, 3.05) is 81.0 Å². The van der Waals surface area contributed by atoms with Gasteiger partial charge in [0, 0.05) is 46.3 Å². The highest BCUT2D eigenvalue weighted by atomic mass is 33.1. The lowest BCUT2D eigenvalue weighted by Crippen LogP contribution is -2.36. The third-order valence-electron chi connectivity index (χ3n) is 13.7. The predicted molar refractivity (Wildman–Crippen MR) is 249 cm³/mol. The SMILES string of the molecule is COc1cc([C@@H]2c3cc4c(cc3[C@H](OC(=O)CCSSCCC(=O)O[C@H]3c5cc6c(cc5[C@@H](c5cc(OC)c(OC)c(OC)c5)[C@H]5C(=O)OC[C@@H]53)OCO6)[C@H]3COC(=O)[C@H]23)OCO4)cc(OC)c1OC. The van der Waals surface area contributed by atoms with E-state index in [-0.39, 0.29) is 39.6 Å². The molecule has 8 atom stereocenters. The number of carbonyl (C=O) groups excluding carboxylic acids is 4. The number of esters is 4. The fourth-order valence-corrected chi connectivity index (χ4v) is 12.6. The van der Waals surface area contributed by atoms with Crippen LogP contribution in [-0.4, -0.2) is 105 Å². The quantitative estimate of drug-likeness (QED) is 0.0449. The number of ether oxygens (including phenoxy) is 14. The van der Waals surface area contributed by atoms with Crippen LogP contribution >= 0.6 is 21.6 Å². The van der Waals surface area contributed by atoms with Crippen LogP contribution in [-0.2, 0) is 38.1 Å². The first-order valence-electron chi connectivity index (χ1n) is 22.5. The molecule has 4 aromatic carbocycles. The number of fused-ring (bicyclic) bond motifs is 6. The summed E-state index contributed by atoms with van der Waals surface area (Å²) in [4.78, 5) is 54.6. The minimum absolute atomic E-state index is 0.0237. The van der Waals surface area contributed by atoms with Gasteiger partial charge in [0.25, 0.3) is 0 Å². The molecule has 2 aliphatic carbocycles. The summed E-state index contributed by atoms with van der Waals surface area (Å²) < 4.78 is 80.7. The molecule has 4 aliphatic heterocycles. The van der Waals surface area contributed by atoms with Crippen molar-refractivity contribution in [3.05, 3.63) is 81.9 Å². The van der Waals surface area contributed by atoms with Crippen molar-refractivity contribution >= 4 is 45.5 Å². The molecule has 0 amide bonds. The standard InChI is InChI=1S/C50H50O18S2/c1-55-35-11-23(12-36(56-2)47(35)59-5)41-25-15-31-33(65-21-63-31)17-27(25)45(29-19-61-49(53)43(29)41)67-39(51)7-9-69-70-10-8-40(52)68-46-28-18-34-32(64-22-66-34)16-26(28)42(44-30(46)20-62-50(44)54)24-13-37(57-3)48(60-6)38(14-24)58-4/h11-18,29-30,41-46H,7-10,19-22H2,1-6H3/t29-,30-,41+,42+,43-,44-,45-,46-/m0/s1. The number of hydrogen-bond donors (Lipinski definition) is 0. The Morgan fingerprint density at radius 1 is 0.486 bits per heavy atom. The van der Waals surface area contributed by atoms with E-state index in [9.17, 15) is 19.2 Å². The van der Waals surface area contributed by atoms with E-state index >= 15 is 0 Å². The number of benzene rings is 4. The van der Waals surface area contributed by atoms with Gasteiger partial charge in [-0.1, -0.05) is 21.6 Å². The lowest BCUT2D eigenvalue weighted by atomic mass is 9.66. The van der Waals surface area contributed by atoms with Crippen LogP contribution in [0, 0.1) is 23.7 Å². The van der Waals surface area contributed by atoms with Crippen LogP contribution in [0.1, 0.15) is 70.3 Å². The second kappa shape index (κ2) is 19.7. The molecule has 70 heavy (non-hydrogen) atoms. The van der Waals surface area contributed by atoms with Gasteiger partial charge in [0.2, 0.25) is 25.1 Å². The minimum atomic E-state index is -0.818. The van der Waals surface area contributed by atoms with Gasteiger partial charge in [-0.05, 0) is 70.8 Å². The van der Waals surface area contributed by atoms with Gasteiger partial charge in [0.15, 0.2) is 46.0 Å². The van der Waals surface area contributed by atoms with E-state index in [0.29, 0.717) is 80.1 Å². The topological polar surface area (TPSA) is 197 Å². The number of hydrogen-bond acceptors (Lipinski definition) is 20. The number of rotatable bonds is 17. The molecule has 0 N–H and O–H groups in total. The second-order valence-electron chi connectivity index (χ2n) is 17.1. The van der Waals surface area contributed by atoms with Crippen LogP contribution in [0.3, 0.4) is 0 Å². The molecule has 2 saturated heterocycles. The molecule has 0 bridgehead atoms. The van der Waals surface area contributed by atoms with E-state index in [1.807, 2.05) is 48.5 Å². The molecule has 20 heteroatoms. The Hall–Kier alpha value is -6.54. The van der Waals surface area contributed by atoms with Gasteiger partial charge >= 0.3 is 23.9 Å². The summed E-state index contributed by atoms with van der Waals surface area (Å²) in [5.74, 6) is 0.0123. The first-order valence-corrected chi connectivity index (χ1v) is 25.0. The van der Waals surface area contributed by atoms with Gasteiger partial charge in [0.1, 0.15) is 12.2 Å². The van der Waals surface area contributed by atoms with Crippen molar-refractivity contribution in [1.82, 2.24) is 0 Å². The highest BCUT2D eigenvalue weighted by molar-refractivity contribution is 8.76. The third-order valence-corrected chi connectivity index (χ3v) is 16.1. The van der Waals surface area contributed by atoms with Crippen molar-refractivity contribution < 1.29 is 85.5 Å². The molecule has 370 valence electrons. The summed E-state index contributed by atoms with van der Waals surface area (Å²) in [5, 5.41) is 0. The molecule has 0 unspecified atom stereocenters. The summed E-state index contributed by atoms with van der Waals surface area (Å²) in [6.45, 7) is 0.143. The molecule has 10 rings (SSSR count). The van der Waals surface area contributed by atoms with Crippen LogP contribution in [0.2, 0.25) is 0 Å². The molecule has 6 aliphatic rings. The molecule has 18 nitrogen and oxygen atoms in total. The number of methoxy groups -OCH3 is 6. The van der Waals surface area contributed by atoms with Gasteiger partial charge < -0.3 is 66.3 Å².